The molecule has 0 aromatic heterocycles. The van der Waals surface area contributed by atoms with Gasteiger partial charge in [0.15, 0.2) is 0 Å². The number of alkyl carbamates (subject to hydrolysis) is 1. The summed E-state index contributed by atoms with van der Waals surface area (Å²) >= 11 is 0. The summed E-state index contributed by atoms with van der Waals surface area (Å²) in [5.41, 5.74) is -1.51. The Bertz CT molecular complexity index is 335. The highest BCUT2D eigenvalue weighted by Crippen LogP contribution is 2.31. The van der Waals surface area contributed by atoms with Gasteiger partial charge in [-0.05, 0) is 39.5 Å². The lowest BCUT2D eigenvalue weighted by Crippen LogP contribution is -2.45. The van der Waals surface area contributed by atoms with Crippen LogP contribution in [0.4, 0.5) is 4.79 Å². The minimum atomic E-state index is -0.924. The number of nitrogens with one attached hydrogen (secondary N) is 1. The molecule has 0 aliphatic carbocycles. The lowest BCUT2D eigenvalue weighted by atomic mass is 9.76. The molecule has 2 atom stereocenters. The fourth-order valence-corrected chi connectivity index (χ4v) is 2.02. The van der Waals surface area contributed by atoms with E-state index in [1.807, 2.05) is 20.8 Å². The zero-order valence-corrected chi connectivity index (χ0v) is 13.6. The molecule has 0 rings (SSSR count). The number of ether oxygens (including phenoxy) is 1. The lowest BCUT2D eigenvalue weighted by Gasteiger charge is -2.31. The predicted octanol–water partition coefficient (Wildman–Crippen LogP) is 3.43. The molecular formula is C15H29NO4. The summed E-state index contributed by atoms with van der Waals surface area (Å²) in [4.78, 5) is 23.3. The van der Waals surface area contributed by atoms with Crippen LogP contribution in [0.5, 0.6) is 0 Å². The Labute approximate surface area is 122 Å². The topological polar surface area (TPSA) is 75.6 Å². The monoisotopic (exact) mass is 287 g/mol. The third-order valence-corrected chi connectivity index (χ3v) is 3.54. The van der Waals surface area contributed by atoms with Gasteiger partial charge in [-0.1, -0.05) is 27.2 Å². The number of rotatable bonds is 7. The molecule has 1 amide bonds. The molecule has 5 heteroatoms. The Balaban J connectivity index is 4.75. The van der Waals surface area contributed by atoms with Crippen molar-refractivity contribution in [1.29, 1.82) is 0 Å². The molecule has 0 fully saturated rings. The minimum Gasteiger partial charge on any atom is -0.481 e. The summed E-state index contributed by atoms with van der Waals surface area (Å²) in [6.45, 7) is 11.3. The van der Waals surface area contributed by atoms with Crippen molar-refractivity contribution in [2.24, 2.45) is 11.3 Å². The van der Waals surface area contributed by atoms with E-state index < -0.39 is 23.1 Å². The van der Waals surface area contributed by atoms with Crippen molar-refractivity contribution in [3.63, 3.8) is 0 Å². The molecule has 0 saturated heterocycles. The van der Waals surface area contributed by atoms with Crippen LogP contribution in [0.1, 0.15) is 60.8 Å². The maximum atomic E-state index is 11.7. The largest absolute Gasteiger partial charge is 0.481 e. The first-order chi connectivity index (χ1) is 9.06. The second-order valence-electron chi connectivity index (χ2n) is 6.51. The average molecular weight is 287 g/mol. The number of carboxylic acid groups (broad SMARTS) is 1. The zero-order valence-electron chi connectivity index (χ0n) is 13.6. The number of aliphatic carboxylic acids is 1. The molecule has 2 N–H and O–H groups in total. The van der Waals surface area contributed by atoms with Crippen LogP contribution in [0.25, 0.3) is 0 Å². The fourth-order valence-electron chi connectivity index (χ4n) is 2.02. The molecule has 118 valence electrons. The molecule has 0 radical (unpaired) electrons. The Morgan fingerprint density at radius 3 is 2.15 bits per heavy atom. The van der Waals surface area contributed by atoms with Gasteiger partial charge in [0.05, 0.1) is 5.41 Å². The van der Waals surface area contributed by atoms with E-state index in [2.05, 4.69) is 5.32 Å². The summed E-state index contributed by atoms with van der Waals surface area (Å²) in [5, 5.41) is 12.1. The van der Waals surface area contributed by atoms with Gasteiger partial charge in [-0.25, -0.2) is 4.79 Å². The third-order valence-electron chi connectivity index (χ3n) is 3.54. The third kappa shape index (κ3) is 6.26. The van der Waals surface area contributed by atoms with E-state index in [4.69, 9.17) is 4.74 Å². The van der Waals surface area contributed by atoms with Gasteiger partial charge < -0.3 is 15.2 Å². The number of carbonyl (C=O) groups is 2. The first-order valence-electron chi connectivity index (χ1n) is 7.26. The molecule has 0 bridgehead atoms. The minimum absolute atomic E-state index is 0.0953. The molecule has 2 unspecified atom stereocenters. The van der Waals surface area contributed by atoms with Crippen LogP contribution in [0.15, 0.2) is 0 Å². The summed E-state index contributed by atoms with van der Waals surface area (Å²) in [6, 6.07) is 0. The number of carbonyl (C=O) groups excluding carboxylic acids is 1. The van der Waals surface area contributed by atoms with Crippen LogP contribution in [0, 0.1) is 11.3 Å². The summed E-state index contributed by atoms with van der Waals surface area (Å²) in [7, 11) is 0. The Morgan fingerprint density at radius 2 is 1.80 bits per heavy atom. The van der Waals surface area contributed by atoms with E-state index in [9.17, 15) is 14.7 Å². The Hall–Kier alpha value is -1.26. The van der Waals surface area contributed by atoms with Gasteiger partial charge in [0, 0.05) is 6.54 Å². The van der Waals surface area contributed by atoms with E-state index in [-0.39, 0.29) is 6.54 Å². The van der Waals surface area contributed by atoms with Crippen molar-refractivity contribution >= 4 is 12.1 Å². The van der Waals surface area contributed by atoms with Crippen molar-refractivity contribution in [3.05, 3.63) is 0 Å². The maximum Gasteiger partial charge on any atom is 0.407 e. The predicted molar refractivity (Wildman–Crippen MR) is 78.7 cm³/mol. The number of hydrogen-bond acceptors (Lipinski definition) is 3. The highest BCUT2D eigenvalue weighted by atomic mass is 16.6. The molecule has 0 aliphatic rings. The van der Waals surface area contributed by atoms with Crippen LogP contribution < -0.4 is 5.32 Å². The summed E-state index contributed by atoms with van der Waals surface area (Å²) in [6.07, 6.45) is 1.37. The van der Waals surface area contributed by atoms with Gasteiger partial charge in [0.25, 0.3) is 0 Å². The molecule has 0 spiro atoms. The van der Waals surface area contributed by atoms with Crippen molar-refractivity contribution in [3.8, 4) is 0 Å². The second-order valence-corrected chi connectivity index (χ2v) is 6.51. The van der Waals surface area contributed by atoms with Gasteiger partial charge in [0.1, 0.15) is 5.60 Å². The zero-order chi connectivity index (χ0) is 16.0. The highest BCUT2D eigenvalue weighted by molar-refractivity contribution is 5.76. The van der Waals surface area contributed by atoms with Gasteiger partial charge in [-0.2, -0.15) is 0 Å². The van der Waals surface area contributed by atoms with Crippen LogP contribution in [0.2, 0.25) is 0 Å². The van der Waals surface area contributed by atoms with E-state index in [1.54, 1.807) is 20.8 Å². The Kier molecular flexibility index (Phi) is 7.03. The fraction of sp³-hybridized carbons (Fsp3) is 0.867. The number of carboxylic acids is 1. The number of hydrogen-bond donors (Lipinski definition) is 2. The Morgan fingerprint density at radius 1 is 1.25 bits per heavy atom. The normalized spacial score (nSPS) is 16.1. The average Bonchev–Trinajstić information content (AvgIpc) is 2.31. The van der Waals surface area contributed by atoms with Crippen molar-refractivity contribution in [2.45, 2.75) is 66.4 Å². The molecule has 0 aromatic carbocycles. The van der Waals surface area contributed by atoms with Crippen molar-refractivity contribution < 1.29 is 19.4 Å². The van der Waals surface area contributed by atoms with Gasteiger partial charge in [-0.15, -0.1) is 0 Å². The molecular weight excluding hydrogens is 258 g/mol. The molecule has 0 aliphatic heterocycles. The molecule has 20 heavy (non-hydrogen) atoms. The van der Waals surface area contributed by atoms with Crippen molar-refractivity contribution in [1.82, 2.24) is 5.32 Å². The van der Waals surface area contributed by atoms with Crippen LogP contribution in [-0.4, -0.2) is 29.3 Å². The first kappa shape index (κ1) is 18.7. The summed E-state index contributed by atoms with van der Waals surface area (Å²) < 4.78 is 5.15. The lowest BCUT2D eigenvalue weighted by molar-refractivity contribution is -0.150. The quantitative estimate of drug-likeness (QED) is 0.752. The number of amides is 1. The van der Waals surface area contributed by atoms with E-state index in [1.165, 1.54) is 0 Å². The molecule has 5 nitrogen and oxygen atoms in total. The van der Waals surface area contributed by atoms with E-state index >= 15 is 0 Å². The molecule has 0 saturated carbocycles. The maximum absolute atomic E-state index is 11.7. The van der Waals surface area contributed by atoms with Crippen LogP contribution in [-0.2, 0) is 9.53 Å². The molecule has 0 heterocycles. The van der Waals surface area contributed by atoms with Crippen molar-refractivity contribution in [2.75, 3.05) is 6.54 Å². The van der Waals surface area contributed by atoms with E-state index in [0.717, 1.165) is 6.42 Å². The van der Waals surface area contributed by atoms with Gasteiger partial charge >= 0.3 is 12.1 Å². The van der Waals surface area contributed by atoms with Gasteiger partial charge in [-0.3, -0.25) is 4.79 Å². The second kappa shape index (κ2) is 7.50. The van der Waals surface area contributed by atoms with Gasteiger partial charge in [0.2, 0.25) is 0 Å². The summed E-state index contributed by atoms with van der Waals surface area (Å²) in [5.74, 6) is -0.567. The highest BCUT2D eigenvalue weighted by Gasteiger charge is 2.38. The van der Waals surface area contributed by atoms with Crippen LogP contribution >= 0.6 is 0 Å². The molecule has 0 aromatic rings. The SMILES string of the molecule is CCC(C)CC(CC)(CNC(=O)OC(C)(C)C)C(=O)O. The standard InChI is InChI=1S/C15H29NO4/c1-7-11(3)9-15(8-2,12(17)18)10-16-13(19)20-14(4,5)6/h11H,7-10H2,1-6H3,(H,16,19)(H,17,18). The van der Waals surface area contributed by atoms with E-state index in [0.29, 0.717) is 18.8 Å². The first-order valence-corrected chi connectivity index (χ1v) is 7.26. The smallest absolute Gasteiger partial charge is 0.407 e. The van der Waals surface area contributed by atoms with Crippen LogP contribution in [0.3, 0.4) is 0 Å².